The molecule has 5 heteroatoms. The molecule has 0 fully saturated rings. The first-order valence-electron chi connectivity index (χ1n) is 0.534. The van der Waals surface area contributed by atoms with Gasteiger partial charge in [-0.15, -0.1) is 3.89 Å². The fourth-order valence-electron chi connectivity index (χ4n) is 0. The summed E-state index contributed by atoms with van der Waals surface area (Å²) >= 11 is -3.62. The van der Waals surface area contributed by atoms with Crippen molar-refractivity contribution in [2.45, 2.75) is 0 Å². The molecule has 0 unspecified atom stereocenters. The quantitative estimate of drug-likeness (QED) is 0.251. The van der Waals surface area contributed by atoms with Crippen molar-refractivity contribution in [3.8, 4) is 0 Å². The van der Waals surface area contributed by atoms with Crippen LogP contribution >= 0.6 is 0 Å². The fourth-order valence-corrected chi connectivity index (χ4v) is 0. The first-order chi connectivity index (χ1) is 1.73. The third kappa shape index (κ3) is 29.7. The van der Waals surface area contributed by atoms with Gasteiger partial charge in [-0.05, 0) is 0 Å². The third-order valence-corrected chi connectivity index (χ3v) is 0. The standard InChI is InChI=1S/FHO2S.K.H/c1-4(2)3;;/h4H;;. The summed E-state index contributed by atoms with van der Waals surface area (Å²) in [5.74, 6) is 0. The zero-order valence-electron chi connectivity index (χ0n) is 1.64. The second-order valence-corrected chi connectivity index (χ2v) is 0.638. The van der Waals surface area contributed by atoms with Crippen LogP contribution in [0.1, 0.15) is 0 Å². The Morgan fingerprint density at radius 1 is 1.40 bits per heavy atom. The van der Waals surface area contributed by atoms with Crippen LogP contribution in [-0.2, 0) is 11.1 Å². The van der Waals surface area contributed by atoms with Crippen molar-refractivity contribution in [2.75, 3.05) is 0 Å². The summed E-state index contributed by atoms with van der Waals surface area (Å²) in [5.41, 5.74) is 0. The van der Waals surface area contributed by atoms with Gasteiger partial charge in [0.15, 0.2) is 0 Å². The fraction of sp³-hybridized carbons (Fsp3) is 0. The van der Waals surface area contributed by atoms with E-state index >= 15 is 0 Å². The molecule has 28 valence electrons. The number of hydrogen-bond donors (Lipinski definition) is 1. The van der Waals surface area contributed by atoms with Gasteiger partial charge in [0.25, 0.3) is 11.1 Å². The Balaban J connectivity index is 0. The van der Waals surface area contributed by atoms with Gasteiger partial charge in [0, 0.05) is 0 Å². The van der Waals surface area contributed by atoms with E-state index in [1.54, 1.807) is 0 Å². The van der Waals surface area contributed by atoms with Gasteiger partial charge in [-0.2, -0.15) is 8.42 Å². The molecule has 5 heavy (non-hydrogen) atoms. The van der Waals surface area contributed by atoms with Crippen molar-refractivity contribution in [1.82, 2.24) is 0 Å². The van der Waals surface area contributed by atoms with Gasteiger partial charge in [0.05, 0.1) is 0 Å². The zero-order chi connectivity index (χ0) is 3.58. The molecule has 0 saturated heterocycles. The van der Waals surface area contributed by atoms with Crippen LogP contribution in [-0.4, -0.2) is 59.8 Å². The predicted molar refractivity (Wildman–Crippen MR) is 18.6 cm³/mol. The molecule has 2 nitrogen and oxygen atoms in total. The Hall–Kier alpha value is 1.52. The van der Waals surface area contributed by atoms with Crippen LogP contribution in [0.3, 0.4) is 0 Å². The third-order valence-electron chi connectivity index (χ3n) is 0. The van der Waals surface area contributed by atoms with Crippen LogP contribution in [0.2, 0.25) is 0 Å². The van der Waals surface area contributed by atoms with E-state index in [4.69, 9.17) is 8.42 Å². The molecule has 0 aromatic rings. The first-order valence-corrected chi connectivity index (χ1v) is 1.60. The van der Waals surface area contributed by atoms with Crippen LogP contribution in [0.25, 0.3) is 0 Å². The van der Waals surface area contributed by atoms with E-state index in [9.17, 15) is 3.89 Å². The van der Waals surface area contributed by atoms with Crippen LogP contribution in [0.4, 0.5) is 3.89 Å². The summed E-state index contributed by atoms with van der Waals surface area (Å²) in [6.45, 7) is 0. The first kappa shape index (κ1) is 9.72. The summed E-state index contributed by atoms with van der Waals surface area (Å²) in [6, 6.07) is 0. The monoisotopic (exact) mass is 124 g/mol. The van der Waals surface area contributed by atoms with Crippen LogP contribution in [0, 0.1) is 0 Å². The Morgan fingerprint density at radius 2 is 1.40 bits per heavy atom. The van der Waals surface area contributed by atoms with E-state index in [0.29, 0.717) is 0 Å². The van der Waals surface area contributed by atoms with Crippen molar-refractivity contribution < 1.29 is 12.3 Å². The normalized spacial score (nSPS) is 6.80. The molecule has 0 bridgehead atoms. The van der Waals surface area contributed by atoms with Crippen molar-refractivity contribution in [1.29, 1.82) is 0 Å². The Bertz CT molecular complexity index is 58.0. The SMILES string of the molecule is O=[SH](=O)F.[KH]. The van der Waals surface area contributed by atoms with Crippen LogP contribution < -0.4 is 0 Å². The molecule has 0 spiro atoms. The van der Waals surface area contributed by atoms with Crippen molar-refractivity contribution >= 4 is 62.5 Å². The molecule has 0 rings (SSSR count). The van der Waals surface area contributed by atoms with Crippen molar-refractivity contribution in [3.05, 3.63) is 0 Å². The Labute approximate surface area is 73.4 Å². The minimum absolute atomic E-state index is 0. The van der Waals surface area contributed by atoms with Gasteiger partial charge in [0.1, 0.15) is 0 Å². The molecule has 0 aliphatic rings. The molecule has 0 aliphatic heterocycles. The molecule has 0 heterocycles. The van der Waals surface area contributed by atoms with E-state index in [1.807, 2.05) is 0 Å². The van der Waals surface area contributed by atoms with E-state index in [-0.39, 0.29) is 51.4 Å². The average molecular weight is 124 g/mol. The Morgan fingerprint density at radius 3 is 1.40 bits per heavy atom. The van der Waals surface area contributed by atoms with Gasteiger partial charge in [-0.1, -0.05) is 0 Å². The maximum atomic E-state index is 9.95. The van der Waals surface area contributed by atoms with E-state index in [0.717, 1.165) is 0 Å². The summed E-state index contributed by atoms with van der Waals surface area (Å²) in [7, 11) is 0. The number of hydrogen-bond acceptors (Lipinski definition) is 2. The summed E-state index contributed by atoms with van der Waals surface area (Å²) in [4.78, 5) is 0. The molecule has 0 radical (unpaired) electrons. The van der Waals surface area contributed by atoms with Gasteiger partial charge in [-0.3, -0.25) is 0 Å². The second kappa shape index (κ2) is 5.52. The van der Waals surface area contributed by atoms with E-state index in [1.165, 1.54) is 0 Å². The molecule has 0 amide bonds. The van der Waals surface area contributed by atoms with E-state index < -0.39 is 11.1 Å². The van der Waals surface area contributed by atoms with Gasteiger partial charge < -0.3 is 0 Å². The van der Waals surface area contributed by atoms with Crippen LogP contribution in [0.5, 0.6) is 0 Å². The van der Waals surface area contributed by atoms with Crippen molar-refractivity contribution in [2.24, 2.45) is 0 Å². The van der Waals surface area contributed by atoms with Crippen LogP contribution in [0.15, 0.2) is 0 Å². The summed E-state index contributed by atoms with van der Waals surface area (Å²) in [5, 5.41) is 0. The molecule has 0 aromatic carbocycles. The molecule has 0 aromatic heterocycles. The van der Waals surface area contributed by atoms with Gasteiger partial charge in [0.2, 0.25) is 0 Å². The molecular formula is H2FKO2S. The second-order valence-electron chi connectivity index (χ2n) is 0.213. The predicted octanol–water partition coefficient (Wildman–Crippen LogP) is -1.17. The molecule has 0 N–H and O–H groups in total. The van der Waals surface area contributed by atoms with Gasteiger partial charge >= 0.3 is 51.4 Å². The number of rotatable bonds is 0. The topological polar surface area (TPSA) is 34.1 Å². The van der Waals surface area contributed by atoms with E-state index in [2.05, 4.69) is 0 Å². The molecule has 0 saturated carbocycles. The molecular weight excluding hydrogens is 122 g/mol. The Kier molecular flexibility index (Phi) is 10.7. The zero-order valence-corrected chi connectivity index (χ0v) is 2.54. The van der Waals surface area contributed by atoms with Crippen molar-refractivity contribution in [3.63, 3.8) is 0 Å². The summed E-state index contributed by atoms with van der Waals surface area (Å²) < 4.78 is 26.7. The minimum atomic E-state index is -3.62. The maximum absolute atomic E-state index is 9.95. The summed E-state index contributed by atoms with van der Waals surface area (Å²) in [6.07, 6.45) is 0. The number of halogens is 1. The molecule has 0 aliphatic carbocycles. The molecule has 0 atom stereocenters. The number of thiol groups is 1. The van der Waals surface area contributed by atoms with Gasteiger partial charge in [-0.25, -0.2) is 0 Å². The average Bonchev–Trinajstić information content (AvgIpc) is 0.811.